The third-order valence-electron chi connectivity index (χ3n) is 3.76. The first-order valence-electron chi connectivity index (χ1n) is 7.08. The van der Waals surface area contributed by atoms with E-state index in [1.165, 1.54) is 50.2 Å². The molecule has 1 N–H and O–H groups in total. The van der Waals surface area contributed by atoms with E-state index in [2.05, 4.69) is 15.5 Å². The highest BCUT2D eigenvalue weighted by molar-refractivity contribution is 7.98. The molecule has 1 aliphatic heterocycles. The molecular formula is C12H18N6O2S. The summed E-state index contributed by atoms with van der Waals surface area (Å²) in [6.45, 7) is 0. The maximum atomic E-state index is 10.8. The summed E-state index contributed by atoms with van der Waals surface area (Å²) >= 11 is 1.49. The zero-order chi connectivity index (χ0) is 14.8. The first kappa shape index (κ1) is 14.3. The topological polar surface area (TPSA) is 88.6 Å². The molecule has 21 heavy (non-hydrogen) atoms. The van der Waals surface area contributed by atoms with Gasteiger partial charge in [-0.15, -0.1) is 0 Å². The molecule has 0 saturated heterocycles. The standard InChI is InChI=1S/C12H18N6O2S/c1-16-8-11(17(19)20)14-12(16)10-7-13-18(21-10)15-9-5-3-2-4-6-9/h7-10,15H,2-6H2,1H3. The van der Waals surface area contributed by atoms with Crippen molar-refractivity contribution in [2.24, 2.45) is 12.1 Å². The van der Waals surface area contributed by atoms with E-state index in [-0.39, 0.29) is 11.1 Å². The van der Waals surface area contributed by atoms with Crippen LogP contribution >= 0.6 is 11.9 Å². The highest BCUT2D eigenvalue weighted by Gasteiger charge is 2.31. The van der Waals surface area contributed by atoms with Crippen molar-refractivity contribution in [3.63, 3.8) is 0 Å². The van der Waals surface area contributed by atoms with Gasteiger partial charge in [0.05, 0.1) is 6.21 Å². The molecule has 1 aliphatic carbocycles. The molecule has 1 fully saturated rings. The van der Waals surface area contributed by atoms with Crippen LogP contribution in [0.2, 0.25) is 0 Å². The second-order valence-electron chi connectivity index (χ2n) is 5.35. The number of nitrogens with zero attached hydrogens (tertiary/aromatic N) is 5. The lowest BCUT2D eigenvalue weighted by atomic mass is 9.96. The predicted molar refractivity (Wildman–Crippen MR) is 80.5 cm³/mol. The Morgan fingerprint density at radius 2 is 2.19 bits per heavy atom. The SMILES string of the molecule is Cn1cc([N+](=O)[O-])nc1C1C=NN(NC2CCCCC2)S1. The van der Waals surface area contributed by atoms with Crippen LogP contribution in [0.5, 0.6) is 0 Å². The number of hydrazone groups is 1. The Hall–Kier alpha value is -1.61. The van der Waals surface area contributed by atoms with Crippen LogP contribution in [0.3, 0.4) is 0 Å². The van der Waals surface area contributed by atoms with Crippen molar-refractivity contribution in [3.05, 3.63) is 22.1 Å². The van der Waals surface area contributed by atoms with Crippen molar-refractivity contribution in [3.8, 4) is 0 Å². The third-order valence-corrected chi connectivity index (χ3v) is 4.72. The molecule has 114 valence electrons. The molecule has 0 bridgehead atoms. The number of hydrogen-bond acceptors (Lipinski definition) is 7. The molecule has 0 radical (unpaired) electrons. The Labute approximate surface area is 126 Å². The summed E-state index contributed by atoms with van der Waals surface area (Å²) in [6, 6.07) is 0.470. The Morgan fingerprint density at radius 3 is 2.86 bits per heavy atom. The number of nitrogens with one attached hydrogen (secondary N) is 1. The van der Waals surface area contributed by atoms with Crippen molar-refractivity contribution in [2.75, 3.05) is 0 Å². The van der Waals surface area contributed by atoms with Gasteiger partial charge in [0, 0.05) is 25.0 Å². The van der Waals surface area contributed by atoms with Gasteiger partial charge >= 0.3 is 5.82 Å². The van der Waals surface area contributed by atoms with Crippen LogP contribution in [0.1, 0.15) is 43.2 Å². The number of rotatable bonds is 4. The van der Waals surface area contributed by atoms with E-state index in [4.69, 9.17) is 0 Å². The molecule has 1 saturated carbocycles. The monoisotopic (exact) mass is 310 g/mol. The predicted octanol–water partition coefficient (Wildman–Crippen LogP) is 2.16. The largest absolute Gasteiger partial charge is 0.381 e. The van der Waals surface area contributed by atoms with Crippen LogP contribution in [-0.4, -0.2) is 31.3 Å². The van der Waals surface area contributed by atoms with Crippen LogP contribution in [-0.2, 0) is 7.05 Å². The molecule has 2 heterocycles. The lowest BCUT2D eigenvalue weighted by Crippen LogP contribution is -2.38. The van der Waals surface area contributed by atoms with Gasteiger partial charge in [-0.2, -0.15) is 9.62 Å². The lowest BCUT2D eigenvalue weighted by Gasteiger charge is -2.26. The van der Waals surface area contributed by atoms with E-state index in [1.54, 1.807) is 22.4 Å². The van der Waals surface area contributed by atoms with Gasteiger partial charge in [0.2, 0.25) is 5.82 Å². The maximum Gasteiger partial charge on any atom is 0.381 e. The van der Waals surface area contributed by atoms with Gasteiger partial charge in [0.1, 0.15) is 11.4 Å². The molecule has 2 aliphatic rings. The van der Waals surface area contributed by atoms with Crippen LogP contribution in [0.4, 0.5) is 5.82 Å². The molecule has 8 nitrogen and oxygen atoms in total. The minimum Gasteiger partial charge on any atom is -0.358 e. The first-order chi connectivity index (χ1) is 10.1. The van der Waals surface area contributed by atoms with Crippen molar-refractivity contribution in [1.29, 1.82) is 0 Å². The fourth-order valence-electron chi connectivity index (χ4n) is 2.67. The fraction of sp³-hybridized carbons (Fsp3) is 0.667. The molecular weight excluding hydrogens is 292 g/mol. The number of aryl methyl sites for hydroxylation is 1. The van der Waals surface area contributed by atoms with Crippen LogP contribution in [0.15, 0.2) is 11.3 Å². The zero-order valence-electron chi connectivity index (χ0n) is 11.8. The smallest absolute Gasteiger partial charge is 0.358 e. The minimum absolute atomic E-state index is 0.0974. The van der Waals surface area contributed by atoms with Gasteiger partial charge in [-0.3, -0.25) is 0 Å². The summed E-state index contributed by atoms with van der Waals surface area (Å²) < 4.78 is 3.45. The van der Waals surface area contributed by atoms with E-state index in [0.717, 1.165) is 0 Å². The first-order valence-corrected chi connectivity index (χ1v) is 7.92. The van der Waals surface area contributed by atoms with Crippen molar-refractivity contribution < 1.29 is 4.92 Å². The summed E-state index contributed by atoms with van der Waals surface area (Å²) in [4.78, 5) is 14.4. The van der Waals surface area contributed by atoms with Crippen LogP contribution in [0, 0.1) is 10.1 Å². The molecule has 0 aromatic carbocycles. The second kappa shape index (κ2) is 6.02. The minimum atomic E-state index is -0.474. The number of imidazole rings is 1. The van der Waals surface area contributed by atoms with Gasteiger partial charge in [-0.1, -0.05) is 19.3 Å². The van der Waals surface area contributed by atoms with E-state index in [9.17, 15) is 10.1 Å². The van der Waals surface area contributed by atoms with E-state index in [1.807, 2.05) is 0 Å². The van der Waals surface area contributed by atoms with Gasteiger partial charge in [0.15, 0.2) is 0 Å². The van der Waals surface area contributed by atoms with Crippen molar-refractivity contribution in [1.82, 2.24) is 19.5 Å². The van der Waals surface area contributed by atoms with Gasteiger partial charge in [0.25, 0.3) is 0 Å². The molecule has 0 spiro atoms. The highest BCUT2D eigenvalue weighted by atomic mass is 32.2. The van der Waals surface area contributed by atoms with Gasteiger partial charge < -0.3 is 14.7 Å². The highest BCUT2D eigenvalue weighted by Crippen LogP contribution is 2.34. The Morgan fingerprint density at radius 1 is 1.43 bits per heavy atom. The summed E-state index contributed by atoms with van der Waals surface area (Å²) in [7, 11) is 1.76. The molecule has 1 aromatic heterocycles. The average Bonchev–Trinajstić information content (AvgIpc) is 3.06. The molecule has 1 atom stereocenters. The Balaban J connectivity index is 1.62. The second-order valence-corrected chi connectivity index (χ2v) is 6.42. The molecule has 9 heteroatoms. The van der Waals surface area contributed by atoms with E-state index >= 15 is 0 Å². The van der Waals surface area contributed by atoms with Crippen molar-refractivity contribution in [2.45, 2.75) is 43.4 Å². The summed E-state index contributed by atoms with van der Waals surface area (Å²) in [5.41, 5.74) is 3.39. The summed E-state index contributed by atoms with van der Waals surface area (Å²) in [5, 5.41) is 15.0. The summed E-state index contributed by atoms with van der Waals surface area (Å²) in [5.74, 6) is 0.517. The normalized spacial score (nSPS) is 22.9. The fourth-order valence-corrected chi connectivity index (χ4v) is 3.62. The molecule has 1 aromatic rings. The zero-order valence-corrected chi connectivity index (χ0v) is 12.6. The summed E-state index contributed by atoms with van der Waals surface area (Å²) in [6.07, 6.45) is 9.38. The molecule has 0 amide bonds. The van der Waals surface area contributed by atoms with E-state index < -0.39 is 4.92 Å². The lowest BCUT2D eigenvalue weighted by molar-refractivity contribution is -0.389. The average molecular weight is 310 g/mol. The Bertz CT molecular complexity index is 554. The van der Waals surface area contributed by atoms with E-state index in [0.29, 0.717) is 11.9 Å². The molecule has 3 rings (SSSR count). The van der Waals surface area contributed by atoms with Crippen LogP contribution < -0.4 is 5.43 Å². The van der Waals surface area contributed by atoms with Gasteiger partial charge in [-0.05, 0) is 22.7 Å². The maximum absolute atomic E-state index is 10.8. The quantitative estimate of drug-likeness (QED) is 0.521. The number of nitro groups is 1. The number of hydrazine groups is 1. The molecule has 1 unspecified atom stereocenters. The van der Waals surface area contributed by atoms with Crippen molar-refractivity contribution >= 4 is 24.0 Å². The number of hydrogen-bond donors (Lipinski definition) is 1. The van der Waals surface area contributed by atoms with Gasteiger partial charge in [-0.25, -0.2) is 5.43 Å². The van der Waals surface area contributed by atoms with Crippen LogP contribution in [0.25, 0.3) is 0 Å². The third kappa shape index (κ3) is 3.18. The number of aromatic nitrogens is 2. The Kier molecular flexibility index (Phi) is 4.11.